The summed E-state index contributed by atoms with van der Waals surface area (Å²) in [6.45, 7) is 0.575. The van der Waals surface area contributed by atoms with Gasteiger partial charge in [-0.3, -0.25) is 4.79 Å². The van der Waals surface area contributed by atoms with Crippen LogP contribution in [0, 0.1) is 5.82 Å². The Morgan fingerprint density at radius 3 is 2.26 bits per heavy atom. The molecule has 0 aliphatic carbocycles. The Morgan fingerprint density at radius 2 is 1.55 bits per heavy atom. The Kier molecular flexibility index (Phi) is 9.19. The summed E-state index contributed by atoms with van der Waals surface area (Å²) >= 11 is 12.0. The highest BCUT2D eigenvalue weighted by molar-refractivity contribution is 6.42. The summed E-state index contributed by atoms with van der Waals surface area (Å²) in [5, 5.41) is 4.97. The number of ether oxygens (including phenoxy) is 3. The molecule has 0 fully saturated rings. The van der Waals surface area contributed by atoms with Crippen LogP contribution < -0.4 is 19.6 Å². The molecular weight excluding hydrogens is 530 g/mol. The molecule has 0 saturated heterocycles. The molecule has 1 N–H and O–H groups in total. The fourth-order valence-electron chi connectivity index (χ4n) is 3.35. The molecule has 0 bridgehead atoms. The van der Waals surface area contributed by atoms with Gasteiger partial charge in [0.05, 0.1) is 23.4 Å². The molecule has 6 nitrogen and oxygen atoms in total. The number of halogens is 3. The number of nitrogens with one attached hydrogen (secondary N) is 1. The molecule has 1 amide bonds. The summed E-state index contributed by atoms with van der Waals surface area (Å²) in [6, 6.07) is 23.3. The maximum absolute atomic E-state index is 13.1. The van der Waals surface area contributed by atoms with Crippen molar-refractivity contribution in [1.29, 1.82) is 0 Å². The summed E-state index contributed by atoms with van der Waals surface area (Å²) in [6.07, 6.45) is 1.50. The van der Waals surface area contributed by atoms with Crippen molar-refractivity contribution in [3.05, 3.63) is 123 Å². The largest absolute Gasteiger partial charge is 0.493 e. The molecule has 0 radical (unpaired) electrons. The monoisotopic (exact) mass is 552 g/mol. The topological polar surface area (TPSA) is 69.2 Å². The number of carbonyl (C=O) groups is 1. The van der Waals surface area contributed by atoms with E-state index in [-0.39, 0.29) is 18.3 Å². The summed E-state index contributed by atoms with van der Waals surface area (Å²) in [5.74, 6) is 0.955. The summed E-state index contributed by atoms with van der Waals surface area (Å²) in [7, 11) is 1.53. The Balaban J connectivity index is 1.29. The van der Waals surface area contributed by atoms with Crippen molar-refractivity contribution in [3.8, 4) is 17.2 Å². The highest BCUT2D eigenvalue weighted by Gasteiger charge is 2.08. The zero-order chi connectivity index (χ0) is 26.9. The van der Waals surface area contributed by atoms with E-state index < -0.39 is 0 Å². The number of hydrogen-bond acceptors (Lipinski definition) is 5. The van der Waals surface area contributed by atoms with E-state index in [4.69, 9.17) is 37.4 Å². The lowest BCUT2D eigenvalue weighted by molar-refractivity contribution is 0.0955. The SMILES string of the molecule is COc1cc(/C=N/NC(=O)c2ccc(OCc3ccc(Cl)c(Cl)c3)cc2)ccc1OCc1ccc(F)cc1. The Bertz CT molecular complexity index is 1430. The smallest absolute Gasteiger partial charge is 0.271 e. The number of amides is 1. The van der Waals surface area contributed by atoms with Gasteiger partial charge in [-0.15, -0.1) is 0 Å². The van der Waals surface area contributed by atoms with Crippen LogP contribution >= 0.6 is 23.2 Å². The van der Waals surface area contributed by atoms with Crippen molar-refractivity contribution < 1.29 is 23.4 Å². The number of carbonyl (C=O) groups excluding carboxylic acids is 1. The average molecular weight is 553 g/mol. The van der Waals surface area contributed by atoms with E-state index in [1.54, 1.807) is 66.7 Å². The normalized spacial score (nSPS) is 10.8. The van der Waals surface area contributed by atoms with Crippen LogP contribution in [-0.2, 0) is 13.2 Å². The van der Waals surface area contributed by atoms with Crippen LogP contribution in [-0.4, -0.2) is 19.2 Å². The van der Waals surface area contributed by atoms with Gasteiger partial charge < -0.3 is 14.2 Å². The quantitative estimate of drug-likeness (QED) is 0.169. The molecule has 0 atom stereocenters. The fourth-order valence-corrected chi connectivity index (χ4v) is 3.67. The third-order valence-corrected chi connectivity index (χ3v) is 6.12. The van der Waals surface area contributed by atoms with E-state index in [2.05, 4.69) is 10.5 Å². The lowest BCUT2D eigenvalue weighted by atomic mass is 10.2. The Morgan fingerprint density at radius 1 is 0.842 bits per heavy atom. The standard InChI is InChI=1S/C29H23Cl2FN2O4/c1-36-28-15-20(5-13-27(28)38-17-19-2-8-23(32)9-3-19)16-33-34-29(35)22-6-10-24(11-7-22)37-18-21-4-12-25(30)26(31)14-21/h2-16H,17-18H2,1H3,(H,34,35)/b33-16+. The Labute approximate surface area is 229 Å². The highest BCUT2D eigenvalue weighted by Crippen LogP contribution is 2.28. The van der Waals surface area contributed by atoms with Crippen LogP contribution in [0.2, 0.25) is 10.0 Å². The first-order chi connectivity index (χ1) is 18.4. The van der Waals surface area contributed by atoms with Gasteiger partial charge >= 0.3 is 0 Å². The molecule has 0 aliphatic rings. The van der Waals surface area contributed by atoms with Crippen molar-refractivity contribution >= 4 is 35.3 Å². The highest BCUT2D eigenvalue weighted by atomic mass is 35.5. The van der Waals surface area contributed by atoms with Crippen LogP contribution in [0.5, 0.6) is 17.2 Å². The number of methoxy groups -OCH3 is 1. The second-order valence-corrected chi connectivity index (χ2v) is 8.90. The van der Waals surface area contributed by atoms with Gasteiger partial charge in [0.15, 0.2) is 11.5 Å². The van der Waals surface area contributed by atoms with Crippen LogP contribution in [0.15, 0.2) is 90.0 Å². The number of rotatable bonds is 10. The van der Waals surface area contributed by atoms with Crippen LogP contribution in [0.1, 0.15) is 27.0 Å². The van der Waals surface area contributed by atoms with Crippen LogP contribution in [0.4, 0.5) is 4.39 Å². The van der Waals surface area contributed by atoms with Gasteiger partial charge in [0, 0.05) is 5.56 Å². The second-order valence-electron chi connectivity index (χ2n) is 8.09. The first kappa shape index (κ1) is 27.0. The summed E-state index contributed by atoms with van der Waals surface area (Å²) < 4.78 is 30.0. The van der Waals surface area contributed by atoms with Crippen LogP contribution in [0.25, 0.3) is 0 Å². The lowest BCUT2D eigenvalue weighted by Crippen LogP contribution is -2.17. The van der Waals surface area contributed by atoms with Gasteiger partial charge in [0.1, 0.15) is 24.8 Å². The molecule has 0 unspecified atom stereocenters. The second kappa shape index (κ2) is 12.9. The Hall–Kier alpha value is -4.07. The minimum absolute atomic E-state index is 0.263. The lowest BCUT2D eigenvalue weighted by Gasteiger charge is -2.11. The van der Waals surface area contributed by atoms with Gasteiger partial charge in [-0.05, 0) is 83.4 Å². The molecule has 0 aliphatic heterocycles. The number of hydrogen-bond donors (Lipinski definition) is 1. The molecule has 4 rings (SSSR count). The zero-order valence-electron chi connectivity index (χ0n) is 20.3. The van der Waals surface area contributed by atoms with Gasteiger partial charge in [-0.2, -0.15) is 5.10 Å². The molecule has 4 aromatic carbocycles. The molecule has 0 saturated carbocycles. The molecule has 0 heterocycles. The first-order valence-corrected chi connectivity index (χ1v) is 12.2. The summed E-state index contributed by atoms with van der Waals surface area (Å²) in [4.78, 5) is 12.5. The molecule has 194 valence electrons. The fraction of sp³-hybridized carbons (Fsp3) is 0.103. The van der Waals surface area contributed by atoms with Gasteiger partial charge in [-0.1, -0.05) is 41.4 Å². The van der Waals surface area contributed by atoms with Gasteiger partial charge in [0.25, 0.3) is 5.91 Å². The van der Waals surface area contributed by atoms with E-state index >= 15 is 0 Å². The number of hydrazone groups is 1. The van der Waals surface area contributed by atoms with E-state index in [9.17, 15) is 9.18 Å². The van der Waals surface area contributed by atoms with Gasteiger partial charge in [0.2, 0.25) is 0 Å². The van der Waals surface area contributed by atoms with Crippen molar-refractivity contribution in [3.63, 3.8) is 0 Å². The predicted octanol–water partition coefficient (Wildman–Crippen LogP) is 7.06. The van der Waals surface area contributed by atoms with Crippen molar-refractivity contribution in [2.24, 2.45) is 5.10 Å². The molecule has 9 heteroatoms. The third-order valence-electron chi connectivity index (χ3n) is 5.38. The van der Waals surface area contributed by atoms with Crippen molar-refractivity contribution in [2.75, 3.05) is 7.11 Å². The molecular formula is C29H23Cl2FN2O4. The summed E-state index contributed by atoms with van der Waals surface area (Å²) in [5.41, 5.74) is 5.32. The molecule has 0 aromatic heterocycles. The van der Waals surface area contributed by atoms with Crippen molar-refractivity contribution in [2.45, 2.75) is 13.2 Å². The van der Waals surface area contributed by atoms with Gasteiger partial charge in [-0.25, -0.2) is 9.82 Å². The maximum Gasteiger partial charge on any atom is 0.271 e. The minimum Gasteiger partial charge on any atom is -0.493 e. The van der Waals surface area contributed by atoms with E-state index in [0.29, 0.717) is 45.0 Å². The first-order valence-electron chi connectivity index (χ1n) is 11.5. The average Bonchev–Trinajstić information content (AvgIpc) is 2.94. The molecule has 38 heavy (non-hydrogen) atoms. The van der Waals surface area contributed by atoms with Crippen LogP contribution in [0.3, 0.4) is 0 Å². The maximum atomic E-state index is 13.1. The van der Waals surface area contributed by atoms with E-state index in [1.807, 2.05) is 6.07 Å². The third kappa shape index (κ3) is 7.47. The van der Waals surface area contributed by atoms with E-state index in [1.165, 1.54) is 25.5 Å². The molecule has 0 spiro atoms. The molecule has 4 aromatic rings. The predicted molar refractivity (Wildman–Crippen MR) is 146 cm³/mol. The number of benzene rings is 4. The van der Waals surface area contributed by atoms with Crippen molar-refractivity contribution in [1.82, 2.24) is 5.43 Å². The minimum atomic E-state index is -0.372. The zero-order valence-corrected chi connectivity index (χ0v) is 21.8. The van der Waals surface area contributed by atoms with E-state index in [0.717, 1.165) is 11.1 Å². The number of nitrogens with zero attached hydrogens (tertiary/aromatic N) is 1.